The molecule has 0 aromatic heterocycles. The summed E-state index contributed by atoms with van der Waals surface area (Å²) in [6.07, 6.45) is 2.46. The summed E-state index contributed by atoms with van der Waals surface area (Å²) in [5.74, 6) is 0.0507. The smallest absolute Gasteiger partial charge is 0.238 e. The second kappa shape index (κ2) is 6.68. The molecule has 1 amide bonds. The van der Waals surface area contributed by atoms with E-state index in [0.717, 1.165) is 24.3 Å². The molecule has 104 valence electrons. The van der Waals surface area contributed by atoms with Crippen molar-refractivity contribution in [3.8, 4) is 0 Å². The van der Waals surface area contributed by atoms with Crippen molar-refractivity contribution in [3.05, 3.63) is 29.8 Å². The van der Waals surface area contributed by atoms with Crippen LogP contribution < -0.4 is 10.6 Å². The van der Waals surface area contributed by atoms with E-state index in [1.807, 2.05) is 38.2 Å². The number of para-hydroxylation sites is 1. The fourth-order valence-corrected chi connectivity index (χ4v) is 2.50. The number of rotatable bonds is 5. The average molecular weight is 261 g/mol. The number of aryl methyl sites for hydroxylation is 1. The van der Waals surface area contributed by atoms with E-state index in [1.54, 1.807) is 0 Å². The molecule has 1 fully saturated rings. The minimum Gasteiger partial charge on any atom is -0.325 e. The van der Waals surface area contributed by atoms with E-state index in [9.17, 15) is 4.79 Å². The SMILES string of the molecule is Cc1ccccc1NC(=O)CN(C)CC1CCCN1. The fraction of sp³-hybridized carbons (Fsp3) is 0.533. The first-order chi connectivity index (χ1) is 9.15. The molecule has 2 rings (SSSR count). The molecule has 1 atom stereocenters. The molecular weight excluding hydrogens is 238 g/mol. The van der Waals surface area contributed by atoms with Gasteiger partial charge in [-0.05, 0) is 45.0 Å². The molecule has 0 saturated carbocycles. The fourth-order valence-electron chi connectivity index (χ4n) is 2.50. The predicted octanol–water partition coefficient (Wildman–Crippen LogP) is 1.62. The van der Waals surface area contributed by atoms with Crippen LogP contribution in [0.25, 0.3) is 0 Å². The molecule has 1 heterocycles. The maximum absolute atomic E-state index is 12.0. The summed E-state index contributed by atoms with van der Waals surface area (Å²) in [4.78, 5) is 14.1. The van der Waals surface area contributed by atoms with Crippen LogP contribution in [-0.2, 0) is 4.79 Å². The molecule has 4 heteroatoms. The van der Waals surface area contributed by atoms with Gasteiger partial charge in [0.05, 0.1) is 6.54 Å². The summed E-state index contributed by atoms with van der Waals surface area (Å²) < 4.78 is 0. The van der Waals surface area contributed by atoms with Crippen molar-refractivity contribution in [3.63, 3.8) is 0 Å². The second-order valence-corrected chi connectivity index (χ2v) is 5.35. The van der Waals surface area contributed by atoms with Crippen molar-refractivity contribution in [2.45, 2.75) is 25.8 Å². The Morgan fingerprint density at radius 3 is 2.95 bits per heavy atom. The van der Waals surface area contributed by atoms with Crippen LogP contribution in [0, 0.1) is 6.92 Å². The van der Waals surface area contributed by atoms with E-state index in [-0.39, 0.29) is 5.91 Å². The van der Waals surface area contributed by atoms with Gasteiger partial charge in [-0.1, -0.05) is 18.2 Å². The van der Waals surface area contributed by atoms with Crippen molar-refractivity contribution in [1.29, 1.82) is 0 Å². The molecule has 1 aromatic carbocycles. The van der Waals surface area contributed by atoms with E-state index < -0.39 is 0 Å². The number of carbonyl (C=O) groups is 1. The van der Waals surface area contributed by atoms with Crippen LogP contribution in [0.5, 0.6) is 0 Å². The molecular formula is C15H23N3O. The summed E-state index contributed by atoms with van der Waals surface area (Å²) in [7, 11) is 2.00. The highest BCUT2D eigenvalue weighted by Crippen LogP contribution is 2.13. The van der Waals surface area contributed by atoms with Crippen molar-refractivity contribution in [2.75, 3.05) is 32.0 Å². The maximum atomic E-state index is 12.0. The highest BCUT2D eigenvalue weighted by atomic mass is 16.2. The van der Waals surface area contributed by atoms with Crippen LogP contribution in [0.4, 0.5) is 5.69 Å². The lowest BCUT2D eigenvalue weighted by molar-refractivity contribution is -0.117. The number of carbonyl (C=O) groups excluding carboxylic acids is 1. The molecule has 1 saturated heterocycles. The third-order valence-electron chi connectivity index (χ3n) is 3.53. The van der Waals surface area contributed by atoms with Crippen molar-refractivity contribution >= 4 is 11.6 Å². The Kier molecular flexibility index (Phi) is 4.93. The summed E-state index contributed by atoms with van der Waals surface area (Å²) in [6, 6.07) is 8.39. The van der Waals surface area contributed by atoms with E-state index in [2.05, 4.69) is 15.5 Å². The number of nitrogens with one attached hydrogen (secondary N) is 2. The maximum Gasteiger partial charge on any atom is 0.238 e. The van der Waals surface area contributed by atoms with Crippen molar-refractivity contribution in [1.82, 2.24) is 10.2 Å². The summed E-state index contributed by atoms with van der Waals surface area (Å²) in [5, 5.41) is 6.41. The molecule has 19 heavy (non-hydrogen) atoms. The number of nitrogens with zero attached hydrogens (tertiary/aromatic N) is 1. The lowest BCUT2D eigenvalue weighted by atomic mass is 10.2. The number of anilines is 1. The van der Waals surface area contributed by atoms with Gasteiger partial charge in [0.25, 0.3) is 0 Å². The van der Waals surface area contributed by atoms with E-state index in [0.29, 0.717) is 12.6 Å². The third kappa shape index (κ3) is 4.33. The quantitative estimate of drug-likeness (QED) is 0.846. The Hall–Kier alpha value is -1.39. The Labute approximate surface area is 115 Å². The molecule has 0 aliphatic carbocycles. The largest absolute Gasteiger partial charge is 0.325 e. The molecule has 1 aliphatic heterocycles. The number of hydrogen-bond acceptors (Lipinski definition) is 3. The van der Waals surface area contributed by atoms with Crippen LogP contribution in [0.3, 0.4) is 0 Å². The molecule has 1 unspecified atom stereocenters. The first-order valence-corrected chi connectivity index (χ1v) is 6.92. The summed E-state index contributed by atoms with van der Waals surface area (Å²) in [6.45, 7) is 4.48. The minimum absolute atomic E-state index is 0.0507. The lowest BCUT2D eigenvalue weighted by Crippen LogP contribution is -2.39. The first kappa shape index (κ1) is 14.0. The number of hydrogen-bond donors (Lipinski definition) is 2. The lowest BCUT2D eigenvalue weighted by Gasteiger charge is -2.20. The van der Waals surface area contributed by atoms with Gasteiger partial charge < -0.3 is 10.6 Å². The van der Waals surface area contributed by atoms with Gasteiger partial charge in [-0.3, -0.25) is 9.69 Å². The molecule has 1 aromatic rings. The van der Waals surface area contributed by atoms with Crippen molar-refractivity contribution in [2.24, 2.45) is 0 Å². The van der Waals surface area contributed by atoms with Gasteiger partial charge in [0, 0.05) is 18.3 Å². The van der Waals surface area contributed by atoms with Gasteiger partial charge in [0.2, 0.25) is 5.91 Å². The van der Waals surface area contributed by atoms with Gasteiger partial charge >= 0.3 is 0 Å². The Morgan fingerprint density at radius 2 is 2.26 bits per heavy atom. The topological polar surface area (TPSA) is 44.4 Å². The Balaban J connectivity index is 1.79. The summed E-state index contributed by atoms with van der Waals surface area (Å²) >= 11 is 0. The molecule has 1 aliphatic rings. The van der Waals surface area contributed by atoms with Crippen LogP contribution in [0.1, 0.15) is 18.4 Å². The van der Waals surface area contributed by atoms with Crippen LogP contribution in [0.2, 0.25) is 0 Å². The normalized spacial score (nSPS) is 18.8. The third-order valence-corrected chi connectivity index (χ3v) is 3.53. The van der Waals surface area contributed by atoms with Gasteiger partial charge in [0.15, 0.2) is 0 Å². The first-order valence-electron chi connectivity index (χ1n) is 6.92. The zero-order valence-electron chi connectivity index (χ0n) is 11.8. The zero-order chi connectivity index (χ0) is 13.7. The summed E-state index contributed by atoms with van der Waals surface area (Å²) in [5.41, 5.74) is 2.00. The molecule has 0 spiro atoms. The van der Waals surface area contributed by atoms with Gasteiger partial charge in [-0.2, -0.15) is 0 Å². The number of benzene rings is 1. The van der Waals surface area contributed by atoms with Gasteiger partial charge in [0.1, 0.15) is 0 Å². The standard InChI is InChI=1S/C15H23N3O/c1-12-6-3-4-8-14(12)17-15(19)11-18(2)10-13-7-5-9-16-13/h3-4,6,8,13,16H,5,7,9-11H2,1-2H3,(H,17,19). The average Bonchev–Trinajstić information content (AvgIpc) is 2.84. The van der Waals surface area contributed by atoms with Crippen LogP contribution in [0.15, 0.2) is 24.3 Å². The van der Waals surface area contributed by atoms with E-state index >= 15 is 0 Å². The van der Waals surface area contributed by atoms with Crippen LogP contribution >= 0.6 is 0 Å². The van der Waals surface area contributed by atoms with Gasteiger partial charge in [-0.25, -0.2) is 0 Å². The Bertz CT molecular complexity index is 427. The number of likely N-dealkylation sites (N-methyl/N-ethyl adjacent to an activating group) is 1. The number of amides is 1. The van der Waals surface area contributed by atoms with Crippen LogP contribution in [-0.4, -0.2) is 43.5 Å². The van der Waals surface area contributed by atoms with E-state index in [1.165, 1.54) is 12.8 Å². The second-order valence-electron chi connectivity index (χ2n) is 5.35. The highest BCUT2D eigenvalue weighted by molar-refractivity contribution is 5.92. The molecule has 4 nitrogen and oxygen atoms in total. The van der Waals surface area contributed by atoms with Gasteiger partial charge in [-0.15, -0.1) is 0 Å². The monoisotopic (exact) mass is 261 g/mol. The zero-order valence-corrected chi connectivity index (χ0v) is 11.8. The highest BCUT2D eigenvalue weighted by Gasteiger charge is 2.17. The van der Waals surface area contributed by atoms with Crippen molar-refractivity contribution < 1.29 is 4.79 Å². The van der Waals surface area contributed by atoms with E-state index in [4.69, 9.17) is 0 Å². The predicted molar refractivity (Wildman–Crippen MR) is 78.3 cm³/mol. The molecule has 2 N–H and O–H groups in total. The Morgan fingerprint density at radius 1 is 1.47 bits per heavy atom. The molecule has 0 radical (unpaired) electrons. The molecule has 0 bridgehead atoms. The minimum atomic E-state index is 0.0507.